The van der Waals surface area contributed by atoms with E-state index in [9.17, 15) is 10.2 Å². The Labute approximate surface area is 218 Å². The van der Waals surface area contributed by atoms with E-state index in [1.165, 1.54) is 10.8 Å². The van der Waals surface area contributed by atoms with E-state index in [4.69, 9.17) is 4.74 Å². The molecule has 0 fully saturated rings. The van der Waals surface area contributed by atoms with Gasteiger partial charge in [-0.2, -0.15) is 0 Å². The largest absolute Gasteiger partial charge is 0.508 e. The maximum atomic E-state index is 10.5. The van der Waals surface area contributed by atoms with E-state index in [1.807, 2.05) is 36.4 Å². The van der Waals surface area contributed by atoms with Gasteiger partial charge in [-0.25, -0.2) is 0 Å². The zero-order valence-corrected chi connectivity index (χ0v) is 20.3. The van der Waals surface area contributed by atoms with Gasteiger partial charge in [-0.3, -0.25) is 0 Å². The highest BCUT2D eigenvalue weighted by atomic mass is 16.5. The molecule has 8 rings (SSSR count). The molecule has 3 nitrogen and oxygen atoms in total. The summed E-state index contributed by atoms with van der Waals surface area (Å²) in [4.78, 5) is 0. The Hall–Kier alpha value is -5.02. The first kappa shape index (κ1) is 21.1. The van der Waals surface area contributed by atoms with Gasteiger partial charge < -0.3 is 14.9 Å². The van der Waals surface area contributed by atoms with Gasteiger partial charge in [0.1, 0.15) is 23.0 Å². The molecule has 0 amide bonds. The fourth-order valence-corrected chi connectivity index (χ4v) is 6.13. The number of hydrogen-bond acceptors (Lipinski definition) is 3. The van der Waals surface area contributed by atoms with Crippen molar-refractivity contribution < 1.29 is 14.9 Å². The van der Waals surface area contributed by atoms with Crippen LogP contribution in [0.4, 0.5) is 0 Å². The SMILES string of the molecule is Oc1ccc2cc3ccc4c(c3cc2c1)C(c1ccc2ccccc2c1)c1c(ccc2ccc(O)cc12)O4. The lowest BCUT2D eigenvalue weighted by molar-refractivity contribution is 0.456. The third kappa shape index (κ3) is 3.09. The lowest BCUT2D eigenvalue weighted by Gasteiger charge is -2.31. The number of phenolic OH excluding ortho intramolecular Hbond substituents is 2. The molecule has 1 aliphatic heterocycles. The van der Waals surface area contributed by atoms with Gasteiger partial charge in [-0.1, -0.05) is 66.7 Å². The van der Waals surface area contributed by atoms with Gasteiger partial charge in [0.25, 0.3) is 0 Å². The Morgan fingerprint density at radius 1 is 0.447 bits per heavy atom. The van der Waals surface area contributed by atoms with Gasteiger partial charge in [0, 0.05) is 17.0 Å². The van der Waals surface area contributed by atoms with Crippen molar-refractivity contribution in [2.24, 2.45) is 0 Å². The summed E-state index contributed by atoms with van der Waals surface area (Å²) in [6.07, 6.45) is 0. The second-order valence-electron chi connectivity index (χ2n) is 10.1. The Kier molecular flexibility index (Phi) is 4.30. The molecule has 0 spiro atoms. The van der Waals surface area contributed by atoms with Crippen molar-refractivity contribution in [3.05, 3.63) is 132 Å². The normalized spacial score (nSPS) is 14.5. The summed E-state index contributed by atoms with van der Waals surface area (Å²) in [5.41, 5.74) is 3.30. The van der Waals surface area contributed by atoms with Crippen LogP contribution in [0.1, 0.15) is 22.6 Å². The first-order valence-electron chi connectivity index (χ1n) is 12.7. The summed E-state index contributed by atoms with van der Waals surface area (Å²) >= 11 is 0. The Balaban J connectivity index is 1.51. The molecule has 2 N–H and O–H groups in total. The highest BCUT2D eigenvalue weighted by Gasteiger charge is 2.32. The van der Waals surface area contributed by atoms with E-state index < -0.39 is 0 Å². The number of rotatable bonds is 1. The molecule has 1 aliphatic rings. The number of fused-ring (bicyclic) bond motifs is 8. The summed E-state index contributed by atoms with van der Waals surface area (Å²) in [7, 11) is 0. The molecule has 7 aromatic carbocycles. The molecule has 1 unspecified atom stereocenters. The average molecular weight is 491 g/mol. The number of ether oxygens (including phenoxy) is 1. The molecule has 1 atom stereocenters. The first-order chi connectivity index (χ1) is 18.6. The minimum absolute atomic E-state index is 0.123. The highest BCUT2D eigenvalue weighted by Crippen LogP contribution is 2.53. The summed E-state index contributed by atoms with van der Waals surface area (Å²) in [6.45, 7) is 0. The van der Waals surface area contributed by atoms with Gasteiger partial charge in [-0.05, 0) is 97.2 Å². The van der Waals surface area contributed by atoms with Crippen molar-refractivity contribution in [1.29, 1.82) is 0 Å². The van der Waals surface area contributed by atoms with Crippen LogP contribution in [-0.4, -0.2) is 10.2 Å². The maximum Gasteiger partial charge on any atom is 0.132 e. The lowest BCUT2D eigenvalue weighted by atomic mass is 9.78. The quantitative estimate of drug-likeness (QED) is 0.226. The number of benzene rings is 7. The second kappa shape index (κ2) is 7.74. The van der Waals surface area contributed by atoms with E-state index in [-0.39, 0.29) is 17.4 Å². The molecule has 0 bridgehead atoms. The fourth-order valence-electron chi connectivity index (χ4n) is 6.13. The average Bonchev–Trinajstić information content (AvgIpc) is 2.94. The minimum atomic E-state index is -0.123. The van der Waals surface area contributed by atoms with E-state index in [0.717, 1.165) is 60.5 Å². The molecule has 7 aromatic rings. The molecular weight excluding hydrogens is 468 g/mol. The number of aromatic hydroxyl groups is 2. The smallest absolute Gasteiger partial charge is 0.132 e. The molecule has 0 saturated heterocycles. The van der Waals surface area contributed by atoms with Gasteiger partial charge in [0.05, 0.1) is 0 Å². The summed E-state index contributed by atoms with van der Waals surface area (Å²) in [6, 6.07) is 38.7. The summed E-state index contributed by atoms with van der Waals surface area (Å²) in [5, 5.41) is 29.3. The van der Waals surface area contributed by atoms with Crippen molar-refractivity contribution in [3.8, 4) is 23.0 Å². The highest BCUT2D eigenvalue weighted by molar-refractivity contribution is 6.03. The van der Waals surface area contributed by atoms with Crippen LogP contribution in [0, 0.1) is 0 Å². The molecule has 0 aromatic heterocycles. The summed E-state index contributed by atoms with van der Waals surface area (Å²) < 4.78 is 6.58. The van der Waals surface area contributed by atoms with Crippen LogP contribution in [0.15, 0.2) is 115 Å². The molecular formula is C35H22O3. The van der Waals surface area contributed by atoms with Crippen LogP contribution in [-0.2, 0) is 0 Å². The van der Waals surface area contributed by atoms with E-state index >= 15 is 0 Å². The Bertz CT molecular complexity index is 2090. The van der Waals surface area contributed by atoms with Gasteiger partial charge in [0.15, 0.2) is 0 Å². The molecule has 1 heterocycles. The maximum absolute atomic E-state index is 10.5. The third-order valence-corrected chi connectivity index (χ3v) is 7.87. The van der Waals surface area contributed by atoms with Gasteiger partial charge >= 0.3 is 0 Å². The number of hydrogen-bond donors (Lipinski definition) is 2. The topological polar surface area (TPSA) is 49.7 Å². The lowest BCUT2D eigenvalue weighted by Crippen LogP contribution is -2.13. The minimum Gasteiger partial charge on any atom is -0.508 e. The Morgan fingerprint density at radius 2 is 1.05 bits per heavy atom. The molecule has 0 aliphatic carbocycles. The monoisotopic (exact) mass is 490 g/mol. The van der Waals surface area contributed by atoms with Crippen molar-refractivity contribution in [2.75, 3.05) is 0 Å². The summed E-state index contributed by atoms with van der Waals surface area (Å²) in [5.74, 6) is 1.97. The predicted octanol–water partition coefficient (Wildman–Crippen LogP) is 9.00. The fraction of sp³-hybridized carbons (Fsp3) is 0.0286. The van der Waals surface area contributed by atoms with Gasteiger partial charge in [0.2, 0.25) is 0 Å². The van der Waals surface area contributed by atoms with E-state index in [0.29, 0.717) is 0 Å². The van der Waals surface area contributed by atoms with Crippen molar-refractivity contribution in [3.63, 3.8) is 0 Å². The molecule has 38 heavy (non-hydrogen) atoms. The van der Waals surface area contributed by atoms with E-state index in [1.54, 1.807) is 12.1 Å². The number of phenols is 2. The van der Waals surface area contributed by atoms with Crippen LogP contribution in [0.3, 0.4) is 0 Å². The molecule has 180 valence electrons. The zero-order chi connectivity index (χ0) is 25.4. The van der Waals surface area contributed by atoms with Crippen molar-refractivity contribution in [2.45, 2.75) is 5.92 Å². The van der Waals surface area contributed by atoms with E-state index in [2.05, 4.69) is 66.7 Å². The van der Waals surface area contributed by atoms with Crippen LogP contribution >= 0.6 is 0 Å². The predicted molar refractivity (Wildman–Crippen MR) is 154 cm³/mol. The molecule has 0 radical (unpaired) electrons. The first-order valence-corrected chi connectivity index (χ1v) is 12.7. The van der Waals surface area contributed by atoms with Crippen LogP contribution < -0.4 is 4.74 Å². The van der Waals surface area contributed by atoms with Crippen LogP contribution in [0.5, 0.6) is 23.0 Å². The second-order valence-corrected chi connectivity index (χ2v) is 10.1. The molecule has 3 heteroatoms. The standard InChI is InChI=1S/C35H22O3/c36-27-12-8-23-15-24-10-14-32-34(29(24)18-26(23)17-27)33(25-6-5-20-3-1-2-4-22(20)16-25)35-30-19-28(37)11-7-21(30)9-13-31(35)38-32/h1-19,33,36-37H. The third-order valence-electron chi connectivity index (χ3n) is 7.87. The molecule has 0 saturated carbocycles. The van der Waals surface area contributed by atoms with Crippen LogP contribution in [0.2, 0.25) is 0 Å². The van der Waals surface area contributed by atoms with Gasteiger partial charge in [-0.15, -0.1) is 0 Å². The Morgan fingerprint density at radius 3 is 1.87 bits per heavy atom. The van der Waals surface area contributed by atoms with Crippen molar-refractivity contribution >= 4 is 43.1 Å². The van der Waals surface area contributed by atoms with Crippen LogP contribution in [0.25, 0.3) is 43.1 Å². The zero-order valence-electron chi connectivity index (χ0n) is 20.3. The van der Waals surface area contributed by atoms with Crippen molar-refractivity contribution in [1.82, 2.24) is 0 Å².